The second kappa shape index (κ2) is 5.04. The van der Waals surface area contributed by atoms with Crippen molar-refractivity contribution in [3.8, 4) is 0 Å². The quantitative estimate of drug-likeness (QED) is 0.583. The zero-order valence-electron chi connectivity index (χ0n) is 5.68. The molecule has 0 radical (unpaired) electrons. The van der Waals surface area contributed by atoms with Gasteiger partial charge in [0.25, 0.3) is 0 Å². The van der Waals surface area contributed by atoms with Gasteiger partial charge in [0, 0.05) is 11.3 Å². The molecule has 0 saturated heterocycles. The van der Waals surface area contributed by atoms with Crippen LogP contribution in [-0.4, -0.2) is 11.3 Å². The molecule has 1 aliphatic rings. The molecule has 11 heavy (non-hydrogen) atoms. The summed E-state index contributed by atoms with van der Waals surface area (Å²) < 4.78 is 0. The predicted octanol–water partition coefficient (Wildman–Crippen LogP) is 5.49. The van der Waals surface area contributed by atoms with Crippen molar-refractivity contribution < 1.29 is 0 Å². The van der Waals surface area contributed by atoms with Crippen molar-refractivity contribution in [2.75, 3.05) is 0 Å². The largest absolute Gasteiger partial charge is 0.0893 e. The molecule has 6 heteroatoms. The van der Waals surface area contributed by atoms with Gasteiger partial charge in [0.05, 0.1) is 13.3 Å². The van der Waals surface area contributed by atoms with Crippen LogP contribution >= 0.6 is 58.2 Å². The van der Waals surface area contributed by atoms with Gasteiger partial charge in [-0.05, 0) is 12.8 Å². The number of rotatable bonds is 2. The Kier molecular flexibility index (Phi) is 5.08. The summed E-state index contributed by atoms with van der Waals surface area (Å²) in [5, 5.41) is 0. The standard InChI is InChI=1S/C5H8Cl4P2/c6-10(7)4-2-1-3-5(4)11(8)9/h4-5H,1-3H2. The zero-order chi connectivity index (χ0) is 8.43. The van der Waals surface area contributed by atoms with Gasteiger partial charge in [-0.3, -0.25) is 0 Å². The van der Waals surface area contributed by atoms with E-state index in [0.29, 0.717) is 11.3 Å². The van der Waals surface area contributed by atoms with Gasteiger partial charge in [-0.2, -0.15) is 0 Å². The molecule has 0 heterocycles. The van der Waals surface area contributed by atoms with Crippen molar-refractivity contribution in [1.82, 2.24) is 0 Å². The van der Waals surface area contributed by atoms with Gasteiger partial charge < -0.3 is 0 Å². The molecular formula is C5H8Cl4P2. The highest BCUT2D eigenvalue weighted by Crippen LogP contribution is 2.66. The van der Waals surface area contributed by atoms with E-state index in [1.165, 1.54) is 6.42 Å². The average molecular weight is 272 g/mol. The van der Waals surface area contributed by atoms with E-state index in [2.05, 4.69) is 0 Å². The third-order valence-corrected chi connectivity index (χ3v) is 7.43. The van der Waals surface area contributed by atoms with E-state index in [4.69, 9.17) is 45.0 Å². The van der Waals surface area contributed by atoms with Gasteiger partial charge in [0.15, 0.2) is 0 Å². The molecule has 0 N–H and O–H groups in total. The van der Waals surface area contributed by atoms with Gasteiger partial charge in [-0.25, -0.2) is 0 Å². The first-order valence-electron chi connectivity index (χ1n) is 3.34. The Labute approximate surface area is 88.6 Å². The average Bonchev–Trinajstić information content (AvgIpc) is 2.32. The number of halogens is 4. The molecule has 2 atom stereocenters. The molecule has 1 saturated carbocycles. The first kappa shape index (κ1) is 11.1. The van der Waals surface area contributed by atoms with Crippen molar-refractivity contribution in [2.24, 2.45) is 0 Å². The maximum absolute atomic E-state index is 5.85. The Bertz CT molecular complexity index is 116. The summed E-state index contributed by atoms with van der Waals surface area (Å²) in [7, 11) is 0. The fourth-order valence-corrected chi connectivity index (χ4v) is 7.50. The Hall–Kier alpha value is 2.02. The molecular weight excluding hydrogens is 264 g/mol. The lowest BCUT2D eigenvalue weighted by atomic mass is 10.4. The SMILES string of the molecule is ClP(Cl)C1CCCC1P(Cl)Cl. The van der Waals surface area contributed by atoms with Crippen molar-refractivity contribution >= 4 is 58.2 Å². The molecule has 1 aliphatic carbocycles. The van der Waals surface area contributed by atoms with E-state index in [0.717, 1.165) is 12.8 Å². The zero-order valence-corrected chi connectivity index (χ0v) is 10.5. The van der Waals surface area contributed by atoms with Crippen LogP contribution in [0.3, 0.4) is 0 Å². The molecule has 0 nitrogen and oxygen atoms in total. The molecule has 0 aromatic carbocycles. The predicted molar refractivity (Wildman–Crippen MR) is 58.7 cm³/mol. The van der Waals surface area contributed by atoms with E-state index in [-0.39, 0.29) is 0 Å². The van der Waals surface area contributed by atoms with E-state index in [1.807, 2.05) is 0 Å². The fraction of sp³-hybridized carbons (Fsp3) is 1.00. The monoisotopic (exact) mass is 270 g/mol. The van der Waals surface area contributed by atoms with Gasteiger partial charge in [0.1, 0.15) is 0 Å². The Morgan fingerprint density at radius 1 is 0.818 bits per heavy atom. The number of hydrogen-bond donors (Lipinski definition) is 0. The van der Waals surface area contributed by atoms with Crippen molar-refractivity contribution in [2.45, 2.75) is 30.6 Å². The van der Waals surface area contributed by atoms with Gasteiger partial charge in [0.2, 0.25) is 0 Å². The van der Waals surface area contributed by atoms with Crippen LogP contribution < -0.4 is 0 Å². The van der Waals surface area contributed by atoms with Crippen LogP contribution in [0.25, 0.3) is 0 Å². The van der Waals surface area contributed by atoms with Crippen LogP contribution in [0, 0.1) is 0 Å². The molecule has 0 amide bonds. The minimum atomic E-state index is -0.882. The minimum Gasteiger partial charge on any atom is -0.0778 e. The second-order valence-corrected chi connectivity index (χ2v) is 10.4. The summed E-state index contributed by atoms with van der Waals surface area (Å²) in [4.78, 5) is 0. The Morgan fingerprint density at radius 2 is 1.18 bits per heavy atom. The maximum Gasteiger partial charge on any atom is 0.0893 e. The Morgan fingerprint density at radius 3 is 1.45 bits per heavy atom. The smallest absolute Gasteiger partial charge is 0.0778 e. The fourth-order valence-electron chi connectivity index (χ4n) is 1.38. The molecule has 0 aromatic rings. The summed E-state index contributed by atoms with van der Waals surface area (Å²) in [6, 6.07) is 0. The van der Waals surface area contributed by atoms with Gasteiger partial charge >= 0.3 is 0 Å². The van der Waals surface area contributed by atoms with Crippen LogP contribution in [0.5, 0.6) is 0 Å². The molecule has 0 spiro atoms. The molecule has 0 aromatic heterocycles. The summed E-state index contributed by atoms with van der Waals surface area (Å²) >= 11 is 23.4. The lowest BCUT2D eigenvalue weighted by Crippen LogP contribution is -2.10. The number of hydrogen-bond acceptors (Lipinski definition) is 0. The van der Waals surface area contributed by atoms with Crippen LogP contribution in [0.2, 0.25) is 0 Å². The molecule has 1 fully saturated rings. The van der Waals surface area contributed by atoms with Crippen molar-refractivity contribution in [1.29, 1.82) is 0 Å². The van der Waals surface area contributed by atoms with Crippen LogP contribution in [0.1, 0.15) is 19.3 Å². The topological polar surface area (TPSA) is 0 Å². The van der Waals surface area contributed by atoms with Crippen LogP contribution in [0.15, 0.2) is 0 Å². The third kappa shape index (κ3) is 3.01. The van der Waals surface area contributed by atoms with Gasteiger partial charge in [-0.15, -0.1) is 0 Å². The highest BCUT2D eigenvalue weighted by molar-refractivity contribution is 8.07. The van der Waals surface area contributed by atoms with Crippen molar-refractivity contribution in [3.05, 3.63) is 0 Å². The molecule has 2 unspecified atom stereocenters. The van der Waals surface area contributed by atoms with E-state index in [9.17, 15) is 0 Å². The van der Waals surface area contributed by atoms with Gasteiger partial charge in [-0.1, -0.05) is 51.4 Å². The lowest BCUT2D eigenvalue weighted by molar-refractivity contribution is 0.889. The summed E-state index contributed by atoms with van der Waals surface area (Å²) in [5.74, 6) is 0. The maximum atomic E-state index is 5.85. The third-order valence-electron chi connectivity index (χ3n) is 1.95. The molecule has 66 valence electrons. The minimum absolute atomic E-state index is 0.384. The molecule has 0 aliphatic heterocycles. The summed E-state index contributed by atoms with van der Waals surface area (Å²) in [5.41, 5.74) is 0.767. The van der Waals surface area contributed by atoms with E-state index in [1.54, 1.807) is 0 Å². The van der Waals surface area contributed by atoms with Crippen LogP contribution in [-0.2, 0) is 0 Å². The van der Waals surface area contributed by atoms with E-state index >= 15 is 0 Å². The van der Waals surface area contributed by atoms with Crippen molar-refractivity contribution in [3.63, 3.8) is 0 Å². The van der Waals surface area contributed by atoms with Crippen LogP contribution in [0.4, 0.5) is 0 Å². The first-order chi connectivity index (χ1) is 5.13. The first-order valence-corrected chi connectivity index (χ1v) is 9.78. The molecule has 0 bridgehead atoms. The summed E-state index contributed by atoms with van der Waals surface area (Å²) in [6.45, 7) is -1.76. The molecule has 1 rings (SSSR count). The lowest BCUT2D eigenvalue weighted by Gasteiger charge is -2.19. The summed E-state index contributed by atoms with van der Waals surface area (Å²) in [6.07, 6.45) is 3.37. The van der Waals surface area contributed by atoms with E-state index < -0.39 is 13.3 Å². The second-order valence-electron chi connectivity index (χ2n) is 2.58. The highest BCUT2D eigenvalue weighted by atomic mass is 35.9. The normalized spacial score (nSPS) is 32.2. The highest BCUT2D eigenvalue weighted by Gasteiger charge is 2.36. The Balaban J connectivity index is 2.51.